The normalized spacial score (nSPS) is 10.3. The summed E-state index contributed by atoms with van der Waals surface area (Å²) in [7, 11) is 0. The van der Waals surface area contributed by atoms with E-state index >= 15 is 0 Å². The summed E-state index contributed by atoms with van der Waals surface area (Å²) in [6.45, 7) is 0.392. The van der Waals surface area contributed by atoms with Crippen molar-refractivity contribution in [2.75, 3.05) is 4.90 Å². The predicted octanol–water partition coefficient (Wildman–Crippen LogP) is 4.84. The molecule has 0 saturated heterocycles. The highest BCUT2D eigenvalue weighted by Gasteiger charge is 2.24. The first kappa shape index (κ1) is 17.1. The number of benzene rings is 3. The van der Waals surface area contributed by atoms with Gasteiger partial charge in [-0.3, -0.25) is 20.2 Å². The first-order chi connectivity index (χ1) is 12.6. The Balaban J connectivity index is 2.12. The van der Waals surface area contributed by atoms with Gasteiger partial charge >= 0.3 is 0 Å². The van der Waals surface area contributed by atoms with E-state index in [0.29, 0.717) is 12.2 Å². The molecule has 130 valence electrons. The zero-order valence-corrected chi connectivity index (χ0v) is 13.7. The molecule has 0 aliphatic heterocycles. The van der Waals surface area contributed by atoms with Crippen molar-refractivity contribution in [3.05, 3.63) is 105 Å². The fourth-order valence-corrected chi connectivity index (χ4v) is 2.69. The molecule has 0 saturated carbocycles. The summed E-state index contributed by atoms with van der Waals surface area (Å²) in [6, 6.07) is 22.4. The lowest BCUT2D eigenvalue weighted by atomic mass is 10.1. The number of hydrogen-bond donors (Lipinski definition) is 0. The van der Waals surface area contributed by atoms with E-state index in [0.717, 1.165) is 17.3 Å². The number of anilines is 2. The van der Waals surface area contributed by atoms with Crippen LogP contribution in [0.3, 0.4) is 0 Å². The third-order valence-corrected chi connectivity index (χ3v) is 3.91. The molecule has 0 fully saturated rings. The van der Waals surface area contributed by atoms with Crippen LogP contribution in [0.15, 0.2) is 78.9 Å². The van der Waals surface area contributed by atoms with Crippen LogP contribution in [0.1, 0.15) is 5.56 Å². The van der Waals surface area contributed by atoms with Crippen LogP contribution in [-0.4, -0.2) is 9.85 Å². The predicted molar refractivity (Wildman–Crippen MR) is 98.5 cm³/mol. The van der Waals surface area contributed by atoms with Gasteiger partial charge in [0.1, 0.15) is 5.69 Å². The average molecular weight is 349 g/mol. The van der Waals surface area contributed by atoms with Gasteiger partial charge in [-0.1, -0.05) is 48.5 Å². The van der Waals surface area contributed by atoms with E-state index in [9.17, 15) is 20.2 Å². The molecule has 0 aliphatic carbocycles. The maximum Gasteiger partial charge on any atom is 0.299 e. The first-order valence-electron chi connectivity index (χ1n) is 7.85. The van der Waals surface area contributed by atoms with Gasteiger partial charge < -0.3 is 4.90 Å². The van der Waals surface area contributed by atoms with Gasteiger partial charge in [0.05, 0.1) is 15.9 Å². The summed E-state index contributed by atoms with van der Waals surface area (Å²) in [5, 5.41) is 22.5. The van der Waals surface area contributed by atoms with E-state index in [1.807, 2.05) is 60.7 Å². The smallest absolute Gasteiger partial charge is 0.299 e. The summed E-state index contributed by atoms with van der Waals surface area (Å²) in [6.07, 6.45) is 0. The number of rotatable bonds is 6. The van der Waals surface area contributed by atoms with Gasteiger partial charge in [0.15, 0.2) is 0 Å². The molecule has 3 aromatic carbocycles. The number of nitrogens with zero attached hydrogens (tertiary/aromatic N) is 3. The lowest BCUT2D eigenvalue weighted by Gasteiger charge is -2.25. The Hall–Kier alpha value is -3.74. The van der Waals surface area contributed by atoms with Gasteiger partial charge in [-0.15, -0.1) is 0 Å². The molecule has 7 nitrogen and oxygen atoms in total. The monoisotopic (exact) mass is 349 g/mol. The van der Waals surface area contributed by atoms with Crippen molar-refractivity contribution >= 4 is 22.7 Å². The lowest BCUT2D eigenvalue weighted by molar-refractivity contribution is -0.393. The number of nitro groups is 2. The molecular formula is C19H15N3O4. The van der Waals surface area contributed by atoms with E-state index < -0.39 is 9.85 Å². The lowest BCUT2D eigenvalue weighted by Crippen LogP contribution is -2.17. The Kier molecular flexibility index (Phi) is 4.89. The first-order valence-corrected chi connectivity index (χ1v) is 7.85. The molecule has 0 amide bonds. The van der Waals surface area contributed by atoms with Crippen molar-refractivity contribution in [2.45, 2.75) is 6.54 Å². The molecule has 3 aromatic rings. The Labute approximate surface area is 149 Å². The molecule has 26 heavy (non-hydrogen) atoms. The topological polar surface area (TPSA) is 89.5 Å². The van der Waals surface area contributed by atoms with E-state index in [2.05, 4.69) is 0 Å². The summed E-state index contributed by atoms with van der Waals surface area (Å²) >= 11 is 0. The fourth-order valence-electron chi connectivity index (χ4n) is 2.69. The van der Waals surface area contributed by atoms with E-state index in [-0.39, 0.29) is 11.4 Å². The maximum absolute atomic E-state index is 11.5. The second-order valence-corrected chi connectivity index (χ2v) is 5.59. The van der Waals surface area contributed by atoms with E-state index in [4.69, 9.17) is 0 Å². The van der Waals surface area contributed by atoms with Crippen LogP contribution < -0.4 is 4.90 Å². The molecule has 0 aromatic heterocycles. The summed E-state index contributed by atoms with van der Waals surface area (Å²) in [5.74, 6) is 0. The largest absolute Gasteiger partial charge is 0.331 e. The summed E-state index contributed by atoms with van der Waals surface area (Å²) in [5.41, 5.74) is 1.40. The summed E-state index contributed by atoms with van der Waals surface area (Å²) in [4.78, 5) is 23.1. The van der Waals surface area contributed by atoms with Gasteiger partial charge in [0.2, 0.25) is 0 Å². The van der Waals surface area contributed by atoms with Crippen LogP contribution in [0.25, 0.3) is 0 Å². The van der Waals surface area contributed by atoms with Crippen molar-refractivity contribution in [3.63, 3.8) is 0 Å². The zero-order valence-electron chi connectivity index (χ0n) is 13.7. The highest BCUT2D eigenvalue weighted by molar-refractivity contribution is 5.74. The molecule has 0 bridgehead atoms. The Morgan fingerprint density at radius 3 is 1.96 bits per heavy atom. The molecule has 3 rings (SSSR count). The number of para-hydroxylation sites is 1. The molecule has 0 atom stereocenters. The SMILES string of the molecule is O=[N+]([O-])c1ccc(N(Cc2ccccc2)c2ccccc2)c([N+](=O)[O-])c1. The van der Waals surface area contributed by atoms with Crippen molar-refractivity contribution < 1.29 is 9.85 Å². The standard InChI is InChI=1S/C19H15N3O4/c23-21(24)17-11-12-18(19(13-17)22(25)26)20(16-9-5-2-6-10-16)14-15-7-3-1-4-8-15/h1-13H,14H2. The van der Waals surface area contributed by atoms with Crippen LogP contribution in [-0.2, 0) is 6.54 Å². The Morgan fingerprint density at radius 2 is 1.38 bits per heavy atom. The van der Waals surface area contributed by atoms with Gasteiger partial charge in [0.25, 0.3) is 11.4 Å². The third kappa shape index (κ3) is 3.67. The second kappa shape index (κ2) is 7.43. The molecule has 0 N–H and O–H groups in total. The van der Waals surface area contributed by atoms with E-state index in [1.54, 1.807) is 4.90 Å². The molecule has 7 heteroatoms. The van der Waals surface area contributed by atoms with Crippen molar-refractivity contribution in [3.8, 4) is 0 Å². The van der Waals surface area contributed by atoms with Crippen LogP contribution in [0.2, 0.25) is 0 Å². The van der Waals surface area contributed by atoms with Crippen molar-refractivity contribution in [1.29, 1.82) is 0 Å². The molecule has 0 radical (unpaired) electrons. The minimum absolute atomic E-state index is 0.302. The van der Waals surface area contributed by atoms with Gasteiger partial charge in [-0.2, -0.15) is 0 Å². The molecular weight excluding hydrogens is 334 g/mol. The van der Waals surface area contributed by atoms with Crippen LogP contribution in [0.4, 0.5) is 22.7 Å². The zero-order chi connectivity index (χ0) is 18.5. The number of hydrogen-bond acceptors (Lipinski definition) is 5. The van der Waals surface area contributed by atoms with Gasteiger partial charge in [-0.25, -0.2) is 0 Å². The van der Waals surface area contributed by atoms with Gasteiger partial charge in [-0.05, 0) is 23.8 Å². The number of non-ortho nitro benzene ring substituents is 1. The van der Waals surface area contributed by atoms with E-state index in [1.165, 1.54) is 12.1 Å². The molecule has 0 spiro atoms. The van der Waals surface area contributed by atoms with Crippen molar-refractivity contribution in [1.82, 2.24) is 0 Å². The van der Waals surface area contributed by atoms with Crippen LogP contribution >= 0.6 is 0 Å². The highest BCUT2D eigenvalue weighted by Crippen LogP contribution is 2.37. The maximum atomic E-state index is 11.5. The average Bonchev–Trinajstić information content (AvgIpc) is 2.67. The van der Waals surface area contributed by atoms with Crippen LogP contribution in [0.5, 0.6) is 0 Å². The highest BCUT2D eigenvalue weighted by atomic mass is 16.6. The van der Waals surface area contributed by atoms with Crippen LogP contribution in [0, 0.1) is 20.2 Å². The minimum atomic E-state index is -0.638. The molecule has 0 heterocycles. The minimum Gasteiger partial charge on any atom is -0.331 e. The fraction of sp³-hybridized carbons (Fsp3) is 0.0526. The van der Waals surface area contributed by atoms with Gasteiger partial charge in [0, 0.05) is 18.3 Å². The quantitative estimate of drug-likeness (QED) is 0.469. The third-order valence-electron chi connectivity index (χ3n) is 3.91. The number of nitro benzene ring substituents is 2. The summed E-state index contributed by atoms with van der Waals surface area (Å²) < 4.78 is 0. The molecule has 0 aliphatic rings. The van der Waals surface area contributed by atoms with Crippen molar-refractivity contribution in [2.24, 2.45) is 0 Å². The molecule has 0 unspecified atom stereocenters. The Morgan fingerprint density at radius 1 is 0.769 bits per heavy atom. The Bertz CT molecular complexity index is 930. The second-order valence-electron chi connectivity index (χ2n) is 5.59.